The molecule has 0 fully saturated rings. The zero-order valence-corrected chi connectivity index (χ0v) is 15.8. The van der Waals surface area contributed by atoms with Crippen molar-refractivity contribution >= 4 is 10.4 Å². The fourth-order valence-electron chi connectivity index (χ4n) is 1.77. The maximum Gasteiger partial charge on any atom is 1.00 e. The summed E-state index contributed by atoms with van der Waals surface area (Å²) in [5, 5.41) is 10.2. The minimum absolute atomic E-state index is 0. The number of hydrogen-bond acceptors (Lipinski definition) is 3. The summed E-state index contributed by atoms with van der Waals surface area (Å²) in [6.45, 7) is 2.38. The quantitative estimate of drug-likeness (QED) is 0.317. The molecule has 0 atom stereocenters. The molecule has 118 valence electrons. The van der Waals surface area contributed by atoms with Crippen molar-refractivity contribution in [1.82, 2.24) is 0 Å². The number of unbranched alkanes of at least 4 members (excludes halogenated alkanes) is 10. The van der Waals surface area contributed by atoms with Crippen LogP contribution in [0, 0.1) is 0 Å². The summed E-state index contributed by atoms with van der Waals surface area (Å²) < 4.78 is 31.6. The van der Waals surface area contributed by atoms with Crippen molar-refractivity contribution in [1.29, 1.82) is 0 Å². The van der Waals surface area contributed by atoms with Gasteiger partial charge in [0.2, 0.25) is 0 Å². The molecule has 0 aromatic carbocycles. The largest absolute Gasteiger partial charge is 1.00 e. The molecule has 5 nitrogen and oxygen atoms in total. The van der Waals surface area contributed by atoms with Crippen LogP contribution in [0.4, 0.5) is 0 Å². The van der Waals surface area contributed by atoms with E-state index in [2.05, 4.69) is 6.92 Å². The van der Waals surface area contributed by atoms with Crippen LogP contribution in [0.5, 0.6) is 0 Å². The van der Waals surface area contributed by atoms with E-state index in [9.17, 15) is 5.11 Å². The van der Waals surface area contributed by atoms with Crippen LogP contribution in [-0.4, -0.2) is 24.1 Å². The molecular formula is C13H29NaO5S. The van der Waals surface area contributed by atoms with Crippen molar-refractivity contribution in [3.8, 4) is 0 Å². The SMILES string of the molecule is CCCCCCCCCCCCC[O-].O=S(=O)(O)O.[Na+]. The van der Waals surface area contributed by atoms with Crippen molar-refractivity contribution < 1.29 is 52.2 Å². The molecule has 0 amide bonds. The van der Waals surface area contributed by atoms with Gasteiger partial charge in [0, 0.05) is 0 Å². The first-order valence-corrected chi connectivity index (χ1v) is 8.59. The second-order valence-electron chi connectivity index (χ2n) is 4.69. The fourth-order valence-corrected chi connectivity index (χ4v) is 1.77. The third kappa shape index (κ3) is 42.8. The Kier molecular flexibility index (Phi) is 25.5. The summed E-state index contributed by atoms with van der Waals surface area (Å²) in [5.74, 6) is 0. The van der Waals surface area contributed by atoms with Gasteiger partial charge in [-0.05, 0) is 0 Å². The van der Waals surface area contributed by atoms with Gasteiger partial charge in [0.1, 0.15) is 0 Å². The Hall–Kier alpha value is 0.830. The zero-order chi connectivity index (χ0) is 15.0. The number of hydrogen-bond donors (Lipinski definition) is 2. The molecule has 0 saturated heterocycles. The van der Waals surface area contributed by atoms with Gasteiger partial charge in [-0.25, -0.2) is 0 Å². The van der Waals surface area contributed by atoms with E-state index >= 15 is 0 Å². The fraction of sp³-hybridized carbons (Fsp3) is 1.00. The maximum atomic E-state index is 10.2. The molecule has 0 unspecified atom stereocenters. The summed E-state index contributed by atoms with van der Waals surface area (Å²) in [4.78, 5) is 0. The van der Waals surface area contributed by atoms with E-state index in [1.165, 1.54) is 57.8 Å². The average Bonchev–Trinajstić information content (AvgIpc) is 2.29. The van der Waals surface area contributed by atoms with E-state index in [-0.39, 0.29) is 36.2 Å². The Balaban J connectivity index is -0.000000414. The van der Waals surface area contributed by atoms with Crippen LogP contribution in [0.25, 0.3) is 0 Å². The molecule has 7 heteroatoms. The second kappa shape index (κ2) is 19.8. The first-order valence-electron chi connectivity index (χ1n) is 7.19. The molecule has 0 aliphatic heterocycles. The Morgan fingerprint density at radius 2 is 1.00 bits per heavy atom. The molecule has 0 radical (unpaired) electrons. The average molecular weight is 320 g/mol. The third-order valence-corrected chi connectivity index (χ3v) is 2.75. The Morgan fingerprint density at radius 3 is 1.25 bits per heavy atom. The van der Waals surface area contributed by atoms with Gasteiger partial charge >= 0.3 is 40.0 Å². The van der Waals surface area contributed by atoms with Crippen LogP contribution in [-0.2, 0) is 10.4 Å². The molecule has 0 aromatic rings. The molecule has 0 bridgehead atoms. The molecule has 0 heterocycles. The topological polar surface area (TPSA) is 97.7 Å². The smallest absolute Gasteiger partial charge is 0.854 e. The summed E-state index contributed by atoms with van der Waals surface area (Å²) in [5.41, 5.74) is 0. The first-order chi connectivity index (χ1) is 8.91. The molecule has 0 saturated carbocycles. The summed E-state index contributed by atoms with van der Waals surface area (Å²) in [6, 6.07) is 0. The van der Waals surface area contributed by atoms with Gasteiger partial charge in [-0.1, -0.05) is 77.6 Å². The normalized spacial score (nSPS) is 10.4. The standard InChI is InChI=1S/C13H27O.Na.H2O4S/c1-2-3-4-5-6-7-8-9-10-11-12-13-14;;1-5(2,3)4/h2-13H2,1H3;;(H2,1,2,3,4)/q-1;+1;. The van der Waals surface area contributed by atoms with E-state index in [0.717, 1.165) is 12.8 Å². The molecule has 0 spiro atoms. The third-order valence-electron chi connectivity index (χ3n) is 2.75. The van der Waals surface area contributed by atoms with Gasteiger partial charge in [-0.2, -0.15) is 8.42 Å². The molecule has 20 heavy (non-hydrogen) atoms. The van der Waals surface area contributed by atoms with Crippen molar-refractivity contribution in [3.05, 3.63) is 0 Å². The monoisotopic (exact) mass is 320 g/mol. The Bertz CT molecular complexity index is 237. The Morgan fingerprint density at radius 1 is 0.750 bits per heavy atom. The summed E-state index contributed by atoms with van der Waals surface area (Å²) in [6.07, 6.45) is 14.5. The van der Waals surface area contributed by atoms with Crippen molar-refractivity contribution in [2.45, 2.75) is 77.6 Å². The van der Waals surface area contributed by atoms with Gasteiger partial charge in [-0.15, -0.1) is 6.61 Å². The number of rotatable bonds is 11. The van der Waals surface area contributed by atoms with Crippen LogP contribution in [0.2, 0.25) is 0 Å². The maximum absolute atomic E-state index is 10.2. The van der Waals surface area contributed by atoms with Crippen LogP contribution in [0.15, 0.2) is 0 Å². The minimum Gasteiger partial charge on any atom is -0.854 e. The van der Waals surface area contributed by atoms with Gasteiger partial charge in [-0.3, -0.25) is 9.11 Å². The van der Waals surface area contributed by atoms with Crippen LogP contribution in [0.3, 0.4) is 0 Å². The molecule has 0 aliphatic carbocycles. The summed E-state index contributed by atoms with van der Waals surface area (Å²) in [7, 11) is -4.67. The molecule has 0 aromatic heterocycles. The van der Waals surface area contributed by atoms with Crippen molar-refractivity contribution in [2.24, 2.45) is 0 Å². The molecule has 0 rings (SSSR count). The molecule has 0 aliphatic rings. The minimum atomic E-state index is -4.67. The van der Waals surface area contributed by atoms with E-state index in [1.807, 2.05) is 0 Å². The van der Waals surface area contributed by atoms with Crippen LogP contribution in [0.1, 0.15) is 77.6 Å². The van der Waals surface area contributed by atoms with Crippen molar-refractivity contribution in [2.75, 3.05) is 6.61 Å². The van der Waals surface area contributed by atoms with Crippen LogP contribution >= 0.6 is 0 Å². The van der Waals surface area contributed by atoms with E-state index in [1.54, 1.807) is 0 Å². The molecular weight excluding hydrogens is 291 g/mol. The summed E-state index contributed by atoms with van der Waals surface area (Å²) >= 11 is 0. The van der Waals surface area contributed by atoms with Gasteiger partial charge < -0.3 is 5.11 Å². The van der Waals surface area contributed by atoms with Gasteiger partial charge in [0.05, 0.1) is 0 Å². The van der Waals surface area contributed by atoms with E-state index in [0.29, 0.717) is 0 Å². The predicted octanol–water partition coefficient (Wildman–Crippen LogP) is 0.00890. The van der Waals surface area contributed by atoms with E-state index in [4.69, 9.17) is 17.5 Å². The first kappa shape index (κ1) is 25.8. The second-order valence-corrected chi connectivity index (χ2v) is 5.58. The van der Waals surface area contributed by atoms with Crippen molar-refractivity contribution in [3.63, 3.8) is 0 Å². The Labute approximate surface area is 146 Å². The predicted molar refractivity (Wildman–Crippen MR) is 75.5 cm³/mol. The van der Waals surface area contributed by atoms with Gasteiger partial charge in [0.15, 0.2) is 0 Å². The van der Waals surface area contributed by atoms with E-state index < -0.39 is 10.4 Å². The van der Waals surface area contributed by atoms with Crippen LogP contribution < -0.4 is 34.7 Å². The molecule has 2 N–H and O–H groups in total. The van der Waals surface area contributed by atoms with Gasteiger partial charge in [0.25, 0.3) is 0 Å². The zero-order valence-electron chi connectivity index (χ0n) is 13.0.